The minimum atomic E-state index is -0.0990. The van der Waals surface area contributed by atoms with Gasteiger partial charge in [-0.15, -0.1) is 0 Å². The van der Waals surface area contributed by atoms with Crippen LogP contribution in [0.15, 0.2) is 34.1 Å². The van der Waals surface area contributed by atoms with Crippen LogP contribution in [0.1, 0.15) is 19.8 Å². The zero-order valence-corrected chi connectivity index (χ0v) is 14.2. The molecule has 1 aliphatic heterocycles. The molecular weight excluding hydrogens is 304 g/mol. The number of imidazole rings is 1. The van der Waals surface area contributed by atoms with Crippen LogP contribution in [0.4, 0.5) is 0 Å². The quantitative estimate of drug-likeness (QED) is 0.537. The fourth-order valence-electron chi connectivity index (χ4n) is 3.40. The van der Waals surface area contributed by atoms with Crippen LogP contribution in [0.25, 0.3) is 11.0 Å². The molecule has 1 aromatic heterocycles. The van der Waals surface area contributed by atoms with Gasteiger partial charge in [-0.3, -0.25) is 14.5 Å². The fraction of sp³-hybridized carbons (Fsp3) is 0.529. The van der Waals surface area contributed by atoms with Crippen LogP contribution < -0.4 is 16.7 Å². The van der Waals surface area contributed by atoms with E-state index >= 15 is 0 Å². The first-order chi connectivity index (χ1) is 11.7. The standard InChI is InChI=1S/C17H26N6O/c1-2-22-10-5-6-13(22)12-20-16(18)19-9-11-23-15-8-4-3-7-14(15)21-17(23)24/h3-4,7-8,13H,2,5-6,9-12H2,1H3,(H,21,24)(H3,18,19,20). The fourth-order valence-corrected chi connectivity index (χ4v) is 3.40. The maximum atomic E-state index is 12.0. The highest BCUT2D eigenvalue weighted by Crippen LogP contribution is 2.16. The highest BCUT2D eigenvalue weighted by molar-refractivity contribution is 5.78. The van der Waals surface area contributed by atoms with Crippen LogP contribution in [-0.4, -0.2) is 52.6 Å². The van der Waals surface area contributed by atoms with Gasteiger partial charge in [0.1, 0.15) is 0 Å². The van der Waals surface area contributed by atoms with E-state index in [-0.39, 0.29) is 5.69 Å². The Bertz CT molecular complexity index is 762. The Kier molecular flexibility index (Phi) is 5.20. The highest BCUT2D eigenvalue weighted by Gasteiger charge is 2.22. The monoisotopic (exact) mass is 330 g/mol. The van der Waals surface area contributed by atoms with Crippen LogP contribution in [0, 0.1) is 0 Å². The molecule has 7 nitrogen and oxygen atoms in total. The molecule has 1 saturated heterocycles. The molecule has 130 valence electrons. The molecule has 24 heavy (non-hydrogen) atoms. The van der Waals surface area contributed by atoms with Crippen LogP contribution in [0.5, 0.6) is 0 Å². The molecule has 1 aliphatic rings. The number of fused-ring (bicyclic) bond motifs is 1. The zero-order chi connectivity index (χ0) is 16.9. The van der Waals surface area contributed by atoms with E-state index in [0.717, 1.165) is 30.7 Å². The number of rotatable bonds is 6. The van der Waals surface area contributed by atoms with Crippen molar-refractivity contribution in [3.8, 4) is 0 Å². The molecule has 2 aromatic rings. The first-order valence-corrected chi connectivity index (χ1v) is 8.64. The van der Waals surface area contributed by atoms with Gasteiger partial charge in [0.05, 0.1) is 17.6 Å². The summed E-state index contributed by atoms with van der Waals surface area (Å²) in [5.41, 5.74) is 7.61. The van der Waals surface area contributed by atoms with Gasteiger partial charge in [0.15, 0.2) is 5.96 Å². The lowest BCUT2D eigenvalue weighted by Crippen LogP contribution is -2.37. The SMILES string of the molecule is CCN1CCCC1CN=C(N)NCCn1c(=O)[nH]c2ccccc21. The predicted octanol–water partition coefficient (Wildman–Crippen LogP) is 0.718. The molecule has 2 heterocycles. The van der Waals surface area contributed by atoms with E-state index in [0.29, 0.717) is 25.1 Å². The lowest BCUT2D eigenvalue weighted by molar-refractivity contribution is 0.273. The van der Waals surface area contributed by atoms with Gasteiger partial charge < -0.3 is 16.0 Å². The maximum absolute atomic E-state index is 12.0. The first kappa shape index (κ1) is 16.6. The van der Waals surface area contributed by atoms with Crippen molar-refractivity contribution in [2.45, 2.75) is 32.4 Å². The summed E-state index contributed by atoms with van der Waals surface area (Å²) in [6, 6.07) is 8.18. The Morgan fingerprint density at radius 3 is 3.12 bits per heavy atom. The molecule has 3 rings (SSSR count). The number of nitrogens with one attached hydrogen (secondary N) is 2. The molecule has 1 fully saturated rings. The molecule has 0 spiro atoms. The predicted molar refractivity (Wildman–Crippen MR) is 97.3 cm³/mol. The minimum Gasteiger partial charge on any atom is -0.370 e. The molecule has 1 aromatic carbocycles. The number of likely N-dealkylation sites (N-methyl/N-ethyl adjacent to an activating group) is 1. The van der Waals surface area contributed by atoms with Gasteiger partial charge in [-0.1, -0.05) is 19.1 Å². The van der Waals surface area contributed by atoms with Gasteiger partial charge in [0.25, 0.3) is 0 Å². The second kappa shape index (κ2) is 7.53. The van der Waals surface area contributed by atoms with E-state index in [4.69, 9.17) is 5.73 Å². The molecule has 0 aliphatic carbocycles. The Hall–Kier alpha value is -2.28. The van der Waals surface area contributed by atoms with Crippen molar-refractivity contribution in [3.63, 3.8) is 0 Å². The Morgan fingerprint density at radius 1 is 1.46 bits per heavy atom. The lowest BCUT2D eigenvalue weighted by atomic mass is 10.2. The van der Waals surface area contributed by atoms with Crippen molar-refractivity contribution in [2.24, 2.45) is 10.7 Å². The smallest absolute Gasteiger partial charge is 0.326 e. The Balaban J connectivity index is 1.53. The van der Waals surface area contributed by atoms with Crippen LogP contribution in [-0.2, 0) is 6.54 Å². The number of benzene rings is 1. The topological polar surface area (TPSA) is 91.4 Å². The van der Waals surface area contributed by atoms with Crippen molar-refractivity contribution in [2.75, 3.05) is 26.2 Å². The number of nitrogens with two attached hydrogens (primary N) is 1. The van der Waals surface area contributed by atoms with E-state index < -0.39 is 0 Å². The molecule has 4 N–H and O–H groups in total. The molecule has 1 unspecified atom stereocenters. The van der Waals surface area contributed by atoms with E-state index in [1.807, 2.05) is 24.3 Å². The van der Waals surface area contributed by atoms with E-state index in [9.17, 15) is 4.79 Å². The van der Waals surface area contributed by atoms with Gasteiger partial charge in [0.2, 0.25) is 0 Å². The van der Waals surface area contributed by atoms with Crippen molar-refractivity contribution >= 4 is 17.0 Å². The number of H-pyrrole nitrogens is 1. The van der Waals surface area contributed by atoms with Crippen molar-refractivity contribution in [3.05, 3.63) is 34.7 Å². The molecule has 1 atom stereocenters. The van der Waals surface area contributed by atoms with Crippen LogP contribution in [0.3, 0.4) is 0 Å². The summed E-state index contributed by atoms with van der Waals surface area (Å²) < 4.78 is 1.71. The number of hydrogen-bond acceptors (Lipinski definition) is 3. The summed E-state index contributed by atoms with van der Waals surface area (Å²) in [4.78, 5) is 21.7. The molecule has 0 radical (unpaired) electrons. The zero-order valence-electron chi connectivity index (χ0n) is 14.2. The third kappa shape index (κ3) is 3.62. The van der Waals surface area contributed by atoms with Gasteiger partial charge >= 0.3 is 5.69 Å². The number of hydrogen-bond donors (Lipinski definition) is 3. The largest absolute Gasteiger partial charge is 0.370 e. The van der Waals surface area contributed by atoms with E-state index in [1.165, 1.54) is 12.8 Å². The van der Waals surface area contributed by atoms with E-state index in [2.05, 4.69) is 27.1 Å². The average Bonchev–Trinajstić information content (AvgIpc) is 3.17. The summed E-state index contributed by atoms with van der Waals surface area (Å²) in [6.07, 6.45) is 2.43. The Labute approximate surface area is 141 Å². The van der Waals surface area contributed by atoms with Gasteiger partial charge in [-0.05, 0) is 38.1 Å². The van der Waals surface area contributed by atoms with Gasteiger partial charge in [0, 0.05) is 19.1 Å². The van der Waals surface area contributed by atoms with Crippen LogP contribution in [0.2, 0.25) is 0 Å². The molecule has 0 amide bonds. The minimum absolute atomic E-state index is 0.0990. The molecule has 7 heteroatoms. The number of aliphatic imine (C=N–C) groups is 1. The highest BCUT2D eigenvalue weighted by atomic mass is 16.1. The van der Waals surface area contributed by atoms with Gasteiger partial charge in [-0.2, -0.15) is 0 Å². The first-order valence-electron chi connectivity index (χ1n) is 8.64. The number of aromatic nitrogens is 2. The number of para-hydroxylation sites is 2. The maximum Gasteiger partial charge on any atom is 0.326 e. The molecule has 0 bridgehead atoms. The lowest BCUT2D eigenvalue weighted by Gasteiger charge is -2.20. The number of nitrogens with zero attached hydrogens (tertiary/aromatic N) is 3. The second-order valence-corrected chi connectivity index (χ2v) is 6.18. The third-order valence-corrected chi connectivity index (χ3v) is 4.70. The summed E-state index contributed by atoms with van der Waals surface area (Å²) in [5, 5.41) is 3.11. The normalized spacial score (nSPS) is 19.2. The third-order valence-electron chi connectivity index (χ3n) is 4.70. The Morgan fingerprint density at radius 2 is 2.29 bits per heavy atom. The van der Waals surface area contributed by atoms with Crippen molar-refractivity contribution < 1.29 is 0 Å². The van der Waals surface area contributed by atoms with Gasteiger partial charge in [-0.25, -0.2) is 4.79 Å². The van der Waals surface area contributed by atoms with Crippen LogP contribution >= 0.6 is 0 Å². The van der Waals surface area contributed by atoms with E-state index in [1.54, 1.807) is 4.57 Å². The number of aromatic amines is 1. The summed E-state index contributed by atoms with van der Waals surface area (Å²) >= 11 is 0. The number of guanidine groups is 1. The van der Waals surface area contributed by atoms with Crippen molar-refractivity contribution in [1.29, 1.82) is 0 Å². The summed E-state index contributed by atoms with van der Waals surface area (Å²) in [7, 11) is 0. The molecule has 0 saturated carbocycles. The second-order valence-electron chi connectivity index (χ2n) is 6.18. The van der Waals surface area contributed by atoms with Crippen molar-refractivity contribution in [1.82, 2.24) is 19.8 Å². The molecular formula is C17H26N6O. The average molecular weight is 330 g/mol. The summed E-state index contributed by atoms with van der Waals surface area (Å²) in [5.74, 6) is 0.450. The number of likely N-dealkylation sites (tertiary alicyclic amines) is 1. The summed E-state index contributed by atoms with van der Waals surface area (Å²) in [6.45, 7) is 6.26.